The molecule has 0 aliphatic heterocycles. The van der Waals surface area contributed by atoms with Crippen molar-refractivity contribution in [2.75, 3.05) is 6.54 Å². The molecule has 1 aromatic carbocycles. The van der Waals surface area contributed by atoms with Crippen LogP contribution in [0.1, 0.15) is 29.0 Å². The lowest BCUT2D eigenvalue weighted by Gasteiger charge is -2.19. The lowest BCUT2D eigenvalue weighted by Crippen LogP contribution is -2.23. The SMILES string of the molecule is CCNC(Cc1cncs1)c1ccc(F)cc1C. The van der Waals surface area contributed by atoms with Gasteiger partial charge in [0.1, 0.15) is 5.82 Å². The van der Waals surface area contributed by atoms with Crippen molar-refractivity contribution in [2.24, 2.45) is 0 Å². The van der Waals surface area contributed by atoms with Crippen LogP contribution in [0.3, 0.4) is 0 Å². The highest BCUT2D eigenvalue weighted by molar-refractivity contribution is 7.09. The largest absolute Gasteiger partial charge is 0.310 e. The number of halogens is 1. The maximum absolute atomic E-state index is 13.1. The zero-order valence-electron chi connectivity index (χ0n) is 10.6. The second kappa shape index (κ2) is 6.07. The minimum Gasteiger partial charge on any atom is -0.310 e. The molecule has 0 fully saturated rings. The number of nitrogens with zero attached hydrogens (tertiary/aromatic N) is 1. The van der Waals surface area contributed by atoms with Gasteiger partial charge in [0.15, 0.2) is 0 Å². The Kier molecular flexibility index (Phi) is 4.44. The number of benzene rings is 1. The van der Waals surface area contributed by atoms with Crippen LogP contribution in [0.25, 0.3) is 0 Å². The van der Waals surface area contributed by atoms with E-state index >= 15 is 0 Å². The second-order valence-corrected chi connectivity index (χ2v) is 5.25. The van der Waals surface area contributed by atoms with E-state index in [-0.39, 0.29) is 11.9 Å². The monoisotopic (exact) mass is 264 g/mol. The van der Waals surface area contributed by atoms with Crippen LogP contribution < -0.4 is 5.32 Å². The topological polar surface area (TPSA) is 24.9 Å². The zero-order valence-corrected chi connectivity index (χ0v) is 11.4. The molecule has 2 aromatic rings. The van der Waals surface area contributed by atoms with Crippen molar-refractivity contribution >= 4 is 11.3 Å². The van der Waals surface area contributed by atoms with Gasteiger partial charge in [-0.2, -0.15) is 0 Å². The Morgan fingerprint density at radius 2 is 2.28 bits per heavy atom. The summed E-state index contributed by atoms with van der Waals surface area (Å²) in [6.07, 6.45) is 2.79. The highest BCUT2D eigenvalue weighted by atomic mass is 32.1. The molecule has 0 saturated carbocycles. The summed E-state index contributed by atoms with van der Waals surface area (Å²) in [7, 11) is 0. The number of aryl methyl sites for hydroxylation is 1. The molecule has 0 aliphatic carbocycles. The Hall–Kier alpha value is -1.26. The first-order valence-corrected chi connectivity index (χ1v) is 6.95. The summed E-state index contributed by atoms with van der Waals surface area (Å²) in [5.41, 5.74) is 3.99. The van der Waals surface area contributed by atoms with Crippen molar-refractivity contribution < 1.29 is 4.39 Å². The van der Waals surface area contributed by atoms with Gasteiger partial charge in [-0.05, 0) is 36.7 Å². The Balaban J connectivity index is 2.23. The van der Waals surface area contributed by atoms with Crippen LogP contribution in [0.5, 0.6) is 0 Å². The van der Waals surface area contributed by atoms with E-state index in [9.17, 15) is 4.39 Å². The molecular formula is C14H17FN2S. The fraction of sp³-hybridized carbons (Fsp3) is 0.357. The minimum absolute atomic E-state index is 0.177. The van der Waals surface area contributed by atoms with Crippen molar-refractivity contribution in [3.63, 3.8) is 0 Å². The van der Waals surface area contributed by atoms with Crippen molar-refractivity contribution in [3.8, 4) is 0 Å². The molecule has 96 valence electrons. The third-order valence-electron chi connectivity index (χ3n) is 2.95. The van der Waals surface area contributed by atoms with E-state index in [1.54, 1.807) is 17.4 Å². The van der Waals surface area contributed by atoms with Crippen LogP contribution >= 0.6 is 11.3 Å². The summed E-state index contributed by atoms with van der Waals surface area (Å²) in [6.45, 7) is 4.92. The molecule has 1 atom stereocenters. The fourth-order valence-corrected chi connectivity index (χ4v) is 2.75. The van der Waals surface area contributed by atoms with E-state index in [1.165, 1.54) is 10.9 Å². The number of rotatable bonds is 5. The Morgan fingerprint density at radius 1 is 1.44 bits per heavy atom. The first-order valence-electron chi connectivity index (χ1n) is 6.07. The van der Waals surface area contributed by atoms with Gasteiger partial charge >= 0.3 is 0 Å². The highest BCUT2D eigenvalue weighted by Crippen LogP contribution is 2.23. The summed E-state index contributed by atoms with van der Waals surface area (Å²) in [5, 5.41) is 3.45. The molecule has 18 heavy (non-hydrogen) atoms. The summed E-state index contributed by atoms with van der Waals surface area (Å²) in [6, 6.07) is 5.21. The van der Waals surface area contributed by atoms with Gasteiger partial charge in [0.25, 0.3) is 0 Å². The van der Waals surface area contributed by atoms with Crippen LogP contribution in [0.2, 0.25) is 0 Å². The Morgan fingerprint density at radius 3 is 2.89 bits per heavy atom. The number of hydrogen-bond donors (Lipinski definition) is 1. The highest BCUT2D eigenvalue weighted by Gasteiger charge is 2.14. The minimum atomic E-state index is -0.177. The molecule has 1 unspecified atom stereocenters. The van der Waals surface area contributed by atoms with Crippen LogP contribution in [-0.4, -0.2) is 11.5 Å². The molecule has 0 bridgehead atoms. The average Bonchev–Trinajstić information content (AvgIpc) is 2.81. The van der Waals surface area contributed by atoms with Crippen molar-refractivity contribution in [2.45, 2.75) is 26.3 Å². The zero-order chi connectivity index (χ0) is 13.0. The summed E-state index contributed by atoms with van der Waals surface area (Å²) < 4.78 is 13.1. The van der Waals surface area contributed by atoms with E-state index in [0.29, 0.717) is 0 Å². The maximum atomic E-state index is 13.1. The van der Waals surface area contributed by atoms with Crippen LogP contribution in [0, 0.1) is 12.7 Å². The smallest absolute Gasteiger partial charge is 0.123 e. The molecule has 0 amide bonds. The lowest BCUT2D eigenvalue weighted by molar-refractivity contribution is 0.547. The van der Waals surface area contributed by atoms with Gasteiger partial charge in [0, 0.05) is 23.5 Å². The number of thiazole rings is 1. The third kappa shape index (κ3) is 3.15. The van der Waals surface area contributed by atoms with Gasteiger partial charge in [-0.3, -0.25) is 4.98 Å². The molecule has 2 rings (SSSR count). The van der Waals surface area contributed by atoms with E-state index in [4.69, 9.17) is 0 Å². The Bertz CT molecular complexity index is 497. The van der Waals surface area contributed by atoms with Crippen LogP contribution in [0.4, 0.5) is 4.39 Å². The molecule has 1 N–H and O–H groups in total. The van der Waals surface area contributed by atoms with Crippen LogP contribution in [-0.2, 0) is 6.42 Å². The molecule has 0 spiro atoms. The Labute approximate surface area is 111 Å². The quantitative estimate of drug-likeness (QED) is 0.894. The lowest BCUT2D eigenvalue weighted by atomic mass is 9.98. The molecule has 0 radical (unpaired) electrons. The predicted octanol–water partition coefficient (Wildman–Crippen LogP) is 3.48. The van der Waals surface area contributed by atoms with Gasteiger partial charge in [-0.25, -0.2) is 4.39 Å². The van der Waals surface area contributed by atoms with Gasteiger partial charge in [0.2, 0.25) is 0 Å². The van der Waals surface area contributed by atoms with Crippen molar-refractivity contribution in [3.05, 3.63) is 51.7 Å². The number of likely N-dealkylation sites (N-methyl/N-ethyl adjacent to an activating group) is 1. The van der Waals surface area contributed by atoms with E-state index in [2.05, 4.69) is 17.2 Å². The summed E-state index contributed by atoms with van der Waals surface area (Å²) >= 11 is 1.66. The fourth-order valence-electron chi connectivity index (χ4n) is 2.11. The van der Waals surface area contributed by atoms with Gasteiger partial charge in [0.05, 0.1) is 5.51 Å². The van der Waals surface area contributed by atoms with Gasteiger partial charge in [-0.15, -0.1) is 11.3 Å². The van der Waals surface area contributed by atoms with Gasteiger partial charge < -0.3 is 5.32 Å². The molecule has 0 saturated heterocycles. The summed E-state index contributed by atoms with van der Waals surface area (Å²) in [4.78, 5) is 5.34. The molecule has 1 heterocycles. The molecular weight excluding hydrogens is 247 g/mol. The third-order valence-corrected chi connectivity index (χ3v) is 3.75. The normalized spacial score (nSPS) is 12.6. The van der Waals surface area contributed by atoms with E-state index in [0.717, 1.165) is 24.1 Å². The van der Waals surface area contributed by atoms with E-state index in [1.807, 2.05) is 24.7 Å². The van der Waals surface area contributed by atoms with Gasteiger partial charge in [-0.1, -0.05) is 13.0 Å². The molecule has 1 aromatic heterocycles. The van der Waals surface area contributed by atoms with Crippen LogP contribution in [0.15, 0.2) is 29.9 Å². The number of aromatic nitrogens is 1. The average molecular weight is 264 g/mol. The molecule has 2 nitrogen and oxygen atoms in total. The number of nitrogens with one attached hydrogen (secondary N) is 1. The summed E-state index contributed by atoms with van der Waals surface area (Å²) in [5.74, 6) is -0.177. The second-order valence-electron chi connectivity index (χ2n) is 4.28. The number of hydrogen-bond acceptors (Lipinski definition) is 3. The standard InChI is InChI=1S/C14H17FN2S/c1-3-17-14(7-12-8-16-9-18-12)13-5-4-11(15)6-10(13)2/h4-6,8-9,14,17H,3,7H2,1-2H3. The van der Waals surface area contributed by atoms with Crippen molar-refractivity contribution in [1.82, 2.24) is 10.3 Å². The predicted molar refractivity (Wildman–Crippen MR) is 73.4 cm³/mol. The van der Waals surface area contributed by atoms with Crippen molar-refractivity contribution in [1.29, 1.82) is 0 Å². The maximum Gasteiger partial charge on any atom is 0.123 e. The van der Waals surface area contributed by atoms with E-state index < -0.39 is 0 Å². The molecule has 0 aliphatic rings. The molecule has 4 heteroatoms. The first-order chi connectivity index (χ1) is 8.70. The first kappa shape index (κ1) is 13.2.